The van der Waals surface area contributed by atoms with Crippen LogP contribution in [0.4, 0.5) is 0 Å². The summed E-state index contributed by atoms with van der Waals surface area (Å²) in [5, 5.41) is 6.49. The van der Waals surface area contributed by atoms with Crippen molar-refractivity contribution in [2.45, 2.75) is 0 Å². The third-order valence-corrected chi connectivity index (χ3v) is 13.5. The van der Waals surface area contributed by atoms with E-state index in [0.717, 1.165) is 94.0 Å². The maximum absolute atomic E-state index is 6.90. The summed E-state index contributed by atoms with van der Waals surface area (Å²) in [6.45, 7) is 0. The lowest BCUT2D eigenvalue weighted by molar-refractivity contribution is 0.668. The van der Waals surface area contributed by atoms with E-state index in [4.69, 9.17) is 23.8 Å². The first-order chi connectivity index (χ1) is 34.2. The van der Waals surface area contributed by atoms with Crippen molar-refractivity contribution >= 4 is 65.7 Å². The van der Waals surface area contributed by atoms with Gasteiger partial charge in [0.15, 0.2) is 17.5 Å². The van der Waals surface area contributed by atoms with Crippen molar-refractivity contribution in [3.8, 4) is 73.2 Å². The van der Waals surface area contributed by atoms with Gasteiger partial charge >= 0.3 is 0 Å². The van der Waals surface area contributed by atoms with Gasteiger partial charge in [-0.25, -0.2) is 15.0 Å². The molecule has 0 radical (unpaired) electrons. The highest BCUT2D eigenvalue weighted by Crippen LogP contribution is 2.45. The van der Waals surface area contributed by atoms with Gasteiger partial charge in [-0.15, -0.1) is 0 Å². The van der Waals surface area contributed by atoms with Crippen LogP contribution in [0.5, 0.6) is 0 Å². The quantitative estimate of drug-likeness (QED) is 0.159. The van der Waals surface area contributed by atoms with E-state index in [1.54, 1.807) is 0 Å². The first kappa shape index (κ1) is 38.8. The van der Waals surface area contributed by atoms with E-state index in [1.807, 2.05) is 48.5 Å². The van der Waals surface area contributed by atoms with Gasteiger partial charge in [0.1, 0.15) is 22.3 Å². The minimum Gasteiger partial charge on any atom is -0.455 e. The van der Waals surface area contributed by atoms with E-state index in [0.29, 0.717) is 23.1 Å². The van der Waals surface area contributed by atoms with Crippen molar-refractivity contribution in [2.24, 2.45) is 0 Å². The number of aromatic nitrogens is 4. The van der Waals surface area contributed by atoms with Crippen LogP contribution in [0.3, 0.4) is 0 Å². The van der Waals surface area contributed by atoms with Crippen molar-refractivity contribution in [3.63, 3.8) is 0 Å². The summed E-state index contributed by atoms with van der Waals surface area (Å²) < 4.78 is 16.1. The Kier molecular flexibility index (Phi) is 8.79. The first-order valence-electron chi connectivity index (χ1n) is 23.2. The van der Waals surface area contributed by atoms with Gasteiger partial charge in [-0.2, -0.15) is 0 Å². The number of hydrogen-bond acceptors (Lipinski definition) is 5. The van der Waals surface area contributed by atoms with Gasteiger partial charge in [0.2, 0.25) is 0 Å². The Morgan fingerprint density at radius 2 is 0.812 bits per heavy atom. The van der Waals surface area contributed by atoms with Crippen LogP contribution in [0.1, 0.15) is 0 Å². The molecule has 0 saturated carbocycles. The fourth-order valence-corrected chi connectivity index (χ4v) is 10.2. The molecular formula is C63H38N4O2. The zero-order valence-corrected chi connectivity index (χ0v) is 37.0. The molecule has 0 unspecified atom stereocenters. The van der Waals surface area contributed by atoms with Crippen molar-refractivity contribution in [1.82, 2.24) is 19.5 Å². The summed E-state index contributed by atoms with van der Waals surface area (Å²) in [6, 6.07) is 80.4. The number of rotatable bonds is 7. The molecule has 14 rings (SSSR count). The summed E-state index contributed by atoms with van der Waals surface area (Å²) in [6.07, 6.45) is 0. The number of fused-ring (bicyclic) bond motifs is 9. The number of benzene rings is 10. The summed E-state index contributed by atoms with van der Waals surface area (Å²) in [4.78, 5) is 15.2. The van der Waals surface area contributed by atoms with Crippen molar-refractivity contribution < 1.29 is 8.83 Å². The summed E-state index contributed by atoms with van der Waals surface area (Å²) in [5.74, 6) is 1.72. The Morgan fingerprint density at radius 1 is 0.290 bits per heavy atom. The minimum absolute atomic E-state index is 0.539. The van der Waals surface area contributed by atoms with Crippen molar-refractivity contribution in [1.29, 1.82) is 0 Å². The molecule has 10 aromatic carbocycles. The molecule has 4 heterocycles. The monoisotopic (exact) mass is 882 g/mol. The van der Waals surface area contributed by atoms with Crippen LogP contribution >= 0.6 is 0 Å². The largest absolute Gasteiger partial charge is 0.455 e. The van der Waals surface area contributed by atoms with Crippen molar-refractivity contribution in [3.05, 3.63) is 231 Å². The average molecular weight is 883 g/mol. The minimum atomic E-state index is 0.539. The molecular weight excluding hydrogens is 845 g/mol. The first-order valence-corrected chi connectivity index (χ1v) is 23.2. The molecule has 6 nitrogen and oxygen atoms in total. The maximum atomic E-state index is 6.90. The summed E-state index contributed by atoms with van der Waals surface area (Å²) in [5.41, 5.74) is 15.8. The van der Waals surface area contributed by atoms with Gasteiger partial charge in [0, 0.05) is 43.6 Å². The van der Waals surface area contributed by atoms with Crippen LogP contribution < -0.4 is 0 Å². The Balaban J connectivity index is 0.915. The van der Waals surface area contributed by atoms with Crippen LogP contribution in [0.15, 0.2) is 239 Å². The molecule has 4 aromatic heterocycles. The maximum Gasteiger partial charge on any atom is 0.167 e. The normalized spacial score (nSPS) is 11.8. The number of para-hydroxylation sites is 3. The molecule has 6 heteroatoms. The van der Waals surface area contributed by atoms with Gasteiger partial charge in [0.25, 0.3) is 0 Å². The molecule has 69 heavy (non-hydrogen) atoms. The topological polar surface area (TPSA) is 69.9 Å². The highest BCUT2D eigenvalue weighted by molar-refractivity contribution is 6.18. The summed E-state index contributed by atoms with van der Waals surface area (Å²) in [7, 11) is 0. The van der Waals surface area contributed by atoms with Crippen LogP contribution in [-0.4, -0.2) is 19.5 Å². The Labute approximate surface area is 396 Å². The van der Waals surface area contributed by atoms with Gasteiger partial charge in [-0.1, -0.05) is 176 Å². The molecule has 0 bridgehead atoms. The van der Waals surface area contributed by atoms with E-state index in [-0.39, 0.29) is 0 Å². The lowest BCUT2D eigenvalue weighted by Gasteiger charge is -2.12. The molecule has 0 N–H and O–H groups in total. The summed E-state index contributed by atoms with van der Waals surface area (Å²) >= 11 is 0. The molecule has 322 valence electrons. The Bertz CT molecular complexity index is 4290. The standard InChI is InChI=1S/C63H38N4O2/c1-4-15-39(16-5-1)41-27-29-43(30-28-41)62-64-61(42-19-8-3-9-20-42)65-63(66-62)50-24-14-23-48-52-38-45(32-36-57(52)68-59(48)50)46-33-35-55(58-49-22-11-13-26-56(49)69-60(46)58)67-53-25-12-10-21-47(53)51-37-44(31-34-54(51)67)40-17-6-2-7-18-40/h1-38H. The SMILES string of the molecule is c1ccc(-c2ccc(-c3nc(-c4ccccc4)nc(-c4cccc5c4oc4ccc(-c6ccc(-n7c8ccccc8c8cc(-c9ccccc9)ccc87)c7c6oc6ccccc67)cc45)n3)cc2)cc1. The number of nitrogens with zero attached hydrogens (tertiary/aromatic N) is 4. The Hall–Kier alpha value is -9.39. The van der Waals surface area contributed by atoms with Gasteiger partial charge in [0.05, 0.1) is 27.7 Å². The molecule has 0 amide bonds. The van der Waals surface area contributed by atoms with Gasteiger partial charge in [-0.3, -0.25) is 0 Å². The number of hydrogen-bond donors (Lipinski definition) is 0. The molecule has 0 spiro atoms. The molecule has 0 fully saturated rings. The van der Waals surface area contributed by atoms with Gasteiger partial charge in [-0.05, 0) is 82.4 Å². The highest BCUT2D eigenvalue weighted by atomic mass is 16.3. The van der Waals surface area contributed by atoms with E-state index < -0.39 is 0 Å². The molecule has 0 aliphatic heterocycles. The van der Waals surface area contributed by atoms with E-state index in [2.05, 4.69) is 187 Å². The van der Waals surface area contributed by atoms with E-state index in [9.17, 15) is 0 Å². The Morgan fingerprint density at radius 3 is 1.58 bits per heavy atom. The second-order valence-electron chi connectivity index (χ2n) is 17.5. The smallest absolute Gasteiger partial charge is 0.167 e. The second-order valence-corrected chi connectivity index (χ2v) is 17.5. The zero-order valence-electron chi connectivity index (χ0n) is 37.0. The van der Waals surface area contributed by atoms with Crippen LogP contribution in [0, 0.1) is 0 Å². The predicted octanol–water partition coefficient (Wildman–Crippen LogP) is 16.8. The van der Waals surface area contributed by atoms with Crippen LogP contribution in [-0.2, 0) is 0 Å². The zero-order chi connectivity index (χ0) is 45.4. The molecule has 0 atom stereocenters. The predicted molar refractivity (Wildman–Crippen MR) is 281 cm³/mol. The third-order valence-electron chi connectivity index (χ3n) is 13.5. The third kappa shape index (κ3) is 6.38. The van der Waals surface area contributed by atoms with Crippen LogP contribution in [0.2, 0.25) is 0 Å². The fraction of sp³-hybridized carbons (Fsp3) is 0. The molecule has 0 aliphatic rings. The average Bonchev–Trinajstić information content (AvgIpc) is 4.11. The van der Waals surface area contributed by atoms with E-state index >= 15 is 0 Å². The number of furan rings is 2. The lowest BCUT2D eigenvalue weighted by atomic mass is 9.98. The molecule has 0 saturated heterocycles. The van der Waals surface area contributed by atoms with Crippen molar-refractivity contribution in [2.75, 3.05) is 0 Å². The lowest BCUT2D eigenvalue weighted by Crippen LogP contribution is -2.00. The molecule has 0 aliphatic carbocycles. The van der Waals surface area contributed by atoms with E-state index in [1.165, 1.54) is 21.9 Å². The fourth-order valence-electron chi connectivity index (χ4n) is 10.2. The highest BCUT2D eigenvalue weighted by Gasteiger charge is 2.23. The van der Waals surface area contributed by atoms with Crippen LogP contribution in [0.25, 0.3) is 139 Å². The second kappa shape index (κ2) is 15.6. The van der Waals surface area contributed by atoms with Gasteiger partial charge < -0.3 is 13.4 Å². The molecule has 14 aromatic rings.